The second kappa shape index (κ2) is 6.88. The number of sulfonamides is 1. The van der Waals surface area contributed by atoms with E-state index < -0.39 is 10.4 Å². The predicted molar refractivity (Wildman–Crippen MR) is 96.9 cm³/mol. The largest absolute Gasteiger partial charge is 0.592 e. The Labute approximate surface area is 154 Å². The summed E-state index contributed by atoms with van der Waals surface area (Å²) in [5, 5.41) is 6.12. The predicted octanol–water partition coefficient (Wildman–Crippen LogP) is 1.80. The molecule has 3 aromatic heterocycles. The first-order chi connectivity index (χ1) is 12.6. The number of aromatic nitrogens is 4. The maximum Gasteiger partial charge on any atom is 0.349 e. The van der Waals surface area contributed by atoms with E-state index in [1.807, 2.05) is 0 Å². The normalized spacial score (nSPS) is 18.7. The van der Waals surface area contributed by atoms with Crippen molar-refractivity contribution in [3.8, 4) is 5.82 Å². The average Bonchev–Trinajstić information content (AvgIpc) is 3.33. The first kappa shape index (κ1) is 17.3. The number of rotatable bonds is 4. The van der Waals surface area contributed by atoms with Crippen LogP contribution in [0.2, 0.25) is 0 Å². The fourth-order valence-corrected chi connectivity index (χ4v) is 5.68. The Balaban J connectivity index is 1.49. The molecule has 1 saturated heterocycles. The van der Waals surface area contributed by atoms with Crippen molar-refractivity contribution in [2.75, 3.05) is 13.1 Å². The quantitative estimate of drug-likeness (QED) is 0.683. The zero-order chi connectivity index (χ0) is 18.1. The van der Waals surface area contributed by atoms with Crippen LogP contribution in [-0.4, -0.2) is 41.7 Å². The number of H-pyrrole nitrogens is 1. The van der Waals surface area contributed by atoms with Crippen LogP contribution >= 0.6 is 11.3 Å². The Kier molecular flexibility index (Phi) is 4.57. The molecule has 3 aromatic rings. The fourth-order valence-electron chi connectivity index (χ4n) is 3.07. The number of piperidine rings is 1. The third-order valence-electron chi connectivity index (χ3n) is 4.43. The van der Waals surface area contributed by atoms with Crippen LogP contribution in [0.4, 0.5) is 0 Å². The minimum atomic E-state index is -3.43. The summed E-state index contributed by atoms with van der Waals surface area (Å²) in [5.41, 5.74) is -0.340. The molecule has 1 unspecified atom stereocenters. The molecule has 1 fully saturated rings. The molecule has 8 nitrogen and oxygen atoms in total. The number of nitrogens with one attached hydrogen (secondary N) is 1. The minimum absolute atomic E-state index is 0.0162. The van der Waals surface area contributed by atoms with E-state index in [1.54, 1.807) is 41.9 Å². The van der Waals surface area contributed by atoms with Crippen molar-refractivity contribution >= 4 is 21.7 Å². The Morgan fingerprint density at radius 3 is 2.69 bits per heavy atom. The van der Waals surface area contributed by atoms with E-state index in [4.69, 9.17) is 0 Å². The SMILES string of the molecule is O=c1[nH]c(C2CCN([S+](=O)([O-])c3cccs3)CC2)nn1-c1ccccn1. The third kappa shape index (κ3) is 3.16. The molecule has 4 rings (SSSR count). The summed E-state index contributed by atoms with van der Waals surface area (Å²) in [6.07, 6.45) is 2.82. The van der Waals surface area contributed by atoms with Crippen LogP contribution < -0.4 is 5.69 Å². The van der Waals surface area contributed by atoms with Crippen LogP contribution in [0.25, 0.3) is 5.82 Å². The van der Waals surface area contributed by atoms with Crippen molar-refractivity contribution < 1.29 is 8.76 Å². The van der Waals surface area contributed by atoms with Crippen LogP contribution in [0.1, 0.15) is 24.6 Å². The summed E-state index contributed by atoms with van der Waals surface area (Å²) in [5.74, 6) is 1.05. The Morgan fingerprint density at radius 2 is 2.04 bits per heavy atom. The fraction of sp³-hybridized carbons (Fsp3) is 0.312. The Hall–Kier alpha value is -2.14. The van der Waals surface area contributed by atoms with Crippen molar-refractivity contribution in [2.24, 2.45) is 0 Å². The first-order valence-corrected chi connectivity index (χ1v) is 10.5. The van der Waals surface area contributed by atoms with Crippen LogP contribution in [-0.2, 0) is 14.6 Å². The van der Waals surface area contributed by atoms with E-state index in [0.717, 1.165) is 0 Å². The van der Waals surface area contributed by atoms with Crippen molar-refractivity contribution in [1.82, 2.24) is 24.1 Å². The molecule has 1 N–H and O–H groups in total. The zero-order valence-electron chi connectivity index (χ0n) is 13.8. The highest BCUT2D eigenvalue weighted by atomic mass is 32.3. The Bertz CT molecular complexity index is 975. The van der Waals surface area contributed by atoms with Gasteiger partial charge in [0.05, 0.1) is 0 Å². The number of nitrogens with zero attached hydrogens (tertiary/aromatic N) is 4. The summed E-state index contributed by atoms with van der Waals surface area (Å²) in [4.78, 5) is 19.1. The molecule has 26 heavy (non-hydrogen) atoms. The highest BCUT2D eigenvalue weighted by molar-refractivity contribution is 7.97. The topological polar surface area (TPSA) is 107 Å². The maximum absolute atomic E-state index is 12.6. The van der Waals surface area contributed by atoms with Gasteiger partial charge in [-0.3, -0.25) is 4.98 Å². The molecule has 0 aromatic carbocycles. The van der Waals surface area contributed by atoms with Crippen molar-refractivity contribution in [1.29, 1.82) is 0 Å². The van der Waals surface area contributed by atoms with E-state index >= 15 is 0 Å². The lowest BCUT2D eigenvalue weighted by atomic mass is 9.98. The molecule has 136 valence electrons. The Morgan fingerprint density at radius 1 is 1.23 bits per heavy atom. The summed E-state index contributed by atoms with van der Waals surface area (Å²) < 4.78 is 28.3. The molecule has 0 saturated carbocycles. The van der Waals surface area contributed by atoms with Gasteiger partial charge in [-0.15, -0.1) is 9.40 Å². The molecule has 0 amide bonds. The van der Waals surface area contributed by atoms with Gasteiger partial charge in [-0.25, -0.2) is 9.78 Å². The molecule has 1 atom stereocenters. The molecule has 0 bridgehead atoms. The van der Waals surface area contributed by atoms with Crippen LogP contribution in [0, 0.1) is 0 Å². The van der Waals surface area contributed by atoms with Gasteiger partial charge in [0.25, 0.3) is 0 Å². The number of aromatic amines is 1. The highest BCUT2D eigenvalue weighted by Gasteiger charge is 2.36. The molecule has 4 heterocycles. The summed E-state index contributed by atoms with van der Waals surface area (Å²) >= 11 is 1.22. The smallest absolute Gasteiger partial charge is 0.349 e. The van der Waals surface area contributed by atoms with E-state index in [2.05, 4.69) is 15.1 Å². The molecule has 0 aliphatic carbocycles. The van der Waals surface area contributed by atoms with Gasteiger partial charge in [-0.05, 0) is 36.4 Å². The maximum atomic E-state index is 12.6. The lowest BCUT2D eigenvalue weighted by molar-refractivity contribution is 0.288. The monoisotopic (exact) mass is 391 g/mol. The minimum Gasteiger partial charge on any atom is -0.592 e. The number of hydrogen-bond acceptors (Lipinski definition) is 6. The van der Waals surface area contributed by atoms with Crippen molar-refractivity contribution in [2.45, 2.75) is 23.0 Å². The zero-order valence-corrected chi connectivity index (χ0v) is 15.4. The van der Waals surface area contributed by atoms with E-state index in [9.17, 15) is 13.6 Å². The van der Waals surface area contributed by atoms with Gasteiger partial charge in [-0.1, -0.05) is 21.6 Å². The molecule has 1 aliphatic heterocycles. The van der Waals surface area contributed by atoms with Crippen LogP contribution in [0.5, 0.6) is 0 Å². The van der Waals surface area contributed by atoms with Gasteiger partial charge < -0.3 is 4.55 Å². The highest BCUT2D eigenvalue weighted by Crippen LogP contribution is 2.32. The molecule has 10 heteroatoms. The van der Waals surface area contributed by atoms with E-state index in [0.29, 0.717) is 41.8 Å². The number of thiophene rings is 1. The second-order valence-electron chi connectivity index (χ2n) is 6.03. The number of hydrogen-bond donors (Lipinski definition) is 1. The molecule has 1 aliphatic rings. The van der Waals surface area contributed by atoms with E-state index in [1.165, 1.54) is 20.3 Å². The summed E-state index contributed by atoms with van der Waals surface area (Å²) in [7, 11) is -3.43. The first-order valence-electron chi connectivity index (χ1n) is 8.20. The van der Waals surface area contributed by atoms with Crippen molar-refractivity contribution in [3.05, 3.63) is 58.2 Å². The second-order valence-corrected chi connectivity index (χ2v) is 9.14. The summed E-state index contributed by atoms with van der Waals surface area (Å²) in [6, 6.07) is 8.63. The van der Waals surface area contributed by atoms with Gasteiger partial charge >= 0.3 is 5.69 Å². The van der Waals surface area contributed by atoms with Gasteiger partial charge in [0.2, 0.25) is 4.21 Å². The molecular weight excluding hydrogens is 374 g/mol. The third-order valence-corrected chi connectivity index (χ3v) is 7.70. The number of pyridine rings is 1. The van der Waals surface area contributed by atoms with Gasteiger partial charge in [0.1, 0.15) is 5.82 Å². The van der Waals surface area contributed by atoms with E-state index in [-0.39, 0.29) is 11.6 Å². The van der Waals surface area contributed by atoms with Gasteiger partial charge in [0, 0.05) is 31.3 Å². The van der Waals surface area contributed by atoms with Gasteiger partial charge in [0.15, 0.2) is 16.2 Å². The van der Waals surface area contributed by atoms with Crippen molar-refractivity contribution in [3.63, 3.8) is 0 Å². The lowest BCUT2D eigenvalue weighted by Gasteiger charge is -2.32. The molecule has 0 radical (unpaired) electrons. The van der Waals surface area contributed by atoms with Crippen LogP contribution in [0.15, 0.2) is 50.9 Å². The molecular formula is C16H17N5O3S2. The van der Waals surface area contributed by atoms with Gasteiger partial charge in [-0.2, -0.15) is 4.68 Å². The standard InChI is InChI=1S/C16H17N5O3S2/c22-16-18-15(19-21(16)13-4-1-2-8-17-13)12-6-9-20(10-7-12)26(23,24)14-5-3-11-25-14/h1-5,8,11-12H,6-7,9-10H2,(H-,18,19,22,23,24). The van der Waals surface area contributed by atoms with Crippen LogP contribution in [0.3, 0.4) is 0 Å². The molecule has 0 spiro atoms. The average molecular weight is 391 g/mol. The lowest BCUT2D eigenvalue weighted by Crippen LogP contribution is -2.41. The summed E-state index contributed by atoms with van der Waals surface area (Å²) in [6.45, 7) is 0.812.